The highest BCUT2D eigenvalue weighted by molar-refractivity contribution is 7.99. The number of aromatic nitrogens is 2. The van der Waals surface area contributed by atoms with E-state index in [2.05, 4.69) is 10.00 Å². The second kappa shape index (κ2) is 4.30. The van der Waals surface area contributed by atoms with E-state index in [1.165, 1.54) is 35.6 Å². The van der Waals surface area contributed by atoms with Crippen LogP contribution in [0.25, 0.3) is 0 Å². The van der Waals surface area contributed by atoms with Crippen LogP contribution in [0.4, 0.5) is 5.82 Å². The number of anilines is 1. The maximum Gasteiger partial charge on any atom is 0.126 e. The molecule has 2 aliphatic heterocycles. The van der Waals surface area contributed by atoms with Crippen LogP contribution in [0, 0.1) is 0 Å². The molecular weight excluding hydrogens is 220 g/mol. The van der Waals surface area contributed by atoms with Gasteiger partial charge in [0.05, 0.1) is 11.7 Å². The molecule has 3 heterocycles. The lowest BCUT2D eigenvalue weighted by Crippen LogP contribution is -2.23. The van der Waals surface area contributed by atoms with Crippen LogP contribution in [-0.4, -0.2) is 27.8 Å². The fourth-order valence-electron chi connectivity index (χ4n) is 2.55. The van der Waals surface area contributed by atoms with Crippen molar-refractivity contribution in [3.8, 4) is 0 Å². The van der Waals surface area contributed by atoms with Gasteiger partial charge >= 0.3 is 0 Å². The molecule has 2 aliphatic rings. The van der Waals surface area contributed by atoms with E-state index in [1.807, 2.05) is 11.8 Å². The first-order valence-electron chi connectivity index (χ1n) is 6.00. The summed E-state index contributed by atoms with van der Waals surface area (Å²) in [5.74, 6) is 3.39. The molecule has 1 saturated heterocycles. The van der Waals surface area contributed by atoms with E-state index < -0.39 is 0 Å². The molecule has 0 aromatic carbocycles. The summed E-state index contributed by atoms with van der Waals surface area (Å²) in [5, 5.41) is 8.08. The summed E-state index contributed by atoms with van der Waals surface area (Å²) in [4.78, 5) is 0. The van der Waals surface area contributed by atoms with Crippen LogP contribution in [0.2, 0.25) is 0 Å². The summed E-state index contributed by atoms with van der Waals surface area (Å²) in [5.41, 5.74) is 8.67. The smallest absolute Gasteiger partial charge is 0.126 e. The second-order valence-electron chi connectivity index (χ2n) is 4.53. The van der Waals surface area contributed by atoms with Gasteiger partial charge in [-0.3, -0.25) is 0 Å². The summed E-state index contributed by atoms with van der Waals surface area (Å²) in [6.45, 7) is 1.92. The third-order valence-electron chi connectivity index (χ3n) is 3.51. The van der Waals surface area contributed by atoms with Crippen molar-refractivity contribution in [2.75, 3.05) is 23.8 Å². The summed E-state index contributed by atoms with van der Waals surface area (Å²) in [6, 6.07) is 0.534. The Labute approximate surface area is 100.0 Å². The lowest BCUT2D eigenvalue weighted by Gasteiger charge is -2.22. The van der Waals surface area contributed by atoms with Crippen molar-refractivity contribution in [2.45, 2.75) is 31.8 Å². The third-order valence-corrected chi connectivity index (χ3v) is 4.56. The first kappa shape index (κ1) is 10.5. The van der Waals surface area contributed by atoms with Gasteiger partial charge in [0.2, 0.25) is 0 Å². The fraction of sp³-hybridized carbons (Fsp3) is 0.727. The molecule has 16 heavy (non-hydrogen) atoms. The van der Waals surface area contributed by atoms with E-state index in [-0.39, 0.29) is 0 Å². The third kappa shape index (κ3) is 1.72. The largest absolute Gasteiger partial charge is 0.384 e. The average Bonchev–Trinajstić information content (AvgIpc) is 2.69. The minimum atomic E-state index is 0.534. The molecule has 0 atom stereocenters. The van der Waals surface area contributed by atoms with E-state index in [4.69, 9.17) is 10.8 Å². The van der Waals surface area contributed by atoms with Crippen molar-refractivity contribution in [3.63, 3.8) is 0 Å². The molecular formula is C11H18N4S. The molecule has 0 radical (unpaired) electrons. The number of thioether (sulfide) groups is 1. The lowest BCUT2D eigenvalue weighted by molar-refractivity contribution is 0.429. The molecule has 1 fully saturated rings. The standard InChI is InChI=1S/C11H18N4S/c12-11-9-7-13-4-1-10(9)14-15(11)8-2-5-16-6-3-8/h8,13H,1-7,12H2. The minimum Gasteiger partial charge on any atom is -0.384 e. The Hall–Kier alpha value is -0.680. The molecule has 3 N–H and O–H groups in total. The normalized spacial score (nSPS) is 22.0. The zero-order valence-corrected chi connectivity index (χ0v) is 10.2. The van der Waals surface area contributed by atoms with Crippen molar-refractivity contribution in [1.29, 1.82) is 0 Å². The predicted octanol–water partition coefficient (Wildman–Crippen LogP) is 1.18. The molecule has 0 unspecified atom stereocenters. The highest BCUT2D eigenvalue weighted by Gasteiger charge is 2.24. The molecule has 3 rings (SSSR count). The highest BCUT2D eigenvalue weighted by Crippen LogP contribution is 2.31. The van der Waals surface area contributed by atoms with Gasteiger partial charge < -0.3 is 11.1 Å². The number of nitrogens with one attached hydrogen (secondary N) is 1. The monoisotopic (exact) mass is 238 g/mol. The Morgan fingerprint density at radius 2 is 2.19 bits per heavy atom. The quantitative estimate of drug-likeness (QED) is 0.771. The van der Waals surface area contributed by atoms with Gasteiger partial charge in [0.25, 0.3) is 0 Å². The lowest BCUT2D eigenvalue weighted by atomic mass is 10.1. The number of rotatable bonds is 1. The van der Waals surface area contributed by atoms with E-state index in [0.29, 0.717) is 6.04 Å². The van der Waals surface area contributed by atoms with Gasteiger partial charge in [0.1, 0.15) is 5.82 Å². The molecule has 1 aromatic rings. The second-order valence-corrected chi connectivity index (χ2v) is 5.75. The molecule has 5 heteroatoms. The van der Waals surface area contributed by atoms with Crippen LogP contribution in [0.1, 0.15) is 30.1 Å². The van der Waals surface area contributed by atoms with Crippen molar-refractivity contribution in [3.05, 3.63) is 11.3 Å². The first-order valence-corrected chi connectivity index (χ1v) is 7.16. The Morgan fingerprint density at radius 1 is 1.38 bits per heavy atom. The van der Waals surface area contributed by atoms with Gasteiger partial charge in [0, 0.05) is 25.1 Å². The number of hydrogen-bond donors (Lipinski definition) is 2. The molecule has 1 aromatic heterocycles. The number of nitrogen functional groups attached to an aromatic ring is 1. The first-order chi connectivity index (χ1) is 7.86. The van der Waals surface area contributed by atoms with E-state index in [1.54, 1.807) is 0 Å². The van der Waals surface area contributed by atoms with E-state index in [0.717, 1.165) is 25.3 Å². The topological polar surface area (TPSA) is 55.9 Å². The van der Waals surface area contributed by atoms with Gasteiger partial charge in [-0.1, -0.05) is 0 Å². The SMILES string of the molecule is Nc1c2c(nn1C1CCSCC1)CCNC2. The fourth-order valence-corrected chi connectivity index (χ4v) is 3.63. The molecule has 88 valence electrons. The Bertz CT molecular complexity index is 382. The molecule has 4 nitrogen and oxygen atoms in total. The summed E-state index contributed by atoms with van der Waals surface area (Å²) in [6.07, 6.45) is 3.44. The zero-order chi connectivity index (χ0) is 11.0. The van der Waals surface area contributed by atoms with Crippen LogP contribution in [0.3, 0.4) is 0 Å². The molecule has 0 aliphatic carbocycles. The van der Waals surface area contributed by atoms with Gasteiger partial charge in [-0.25, -0.2) is 4.68 Å². The van der Waals surface area contributed by atoms with E-state index in [9.17, 15) is 0 Å². The van der Waals surface area contributed by atoms with Crippen LogP contribution >= 0.6 is 11.8 Å². The summed E-state index contributed by atoms with van der Waals surface area (Å²) < 4.78 is 2.09. The number of fused-ring (bicyclic) bond motifs is 1. The number of hydrogen-bond acceptors (Lipinski definition) is 4. The van der Waals surface area contributed by atoms with Gasteiger partial charge in [-0.2, -0.15) is 16.9 Å². The Balaban J connectivity index is 1.91. The summed E-state index contributed by atoms with van der Waals surface area (Å²) >= 11 is 2.04. The average molecular weight is 238 g/mol. The summed E-state index contributed by atoms with van der Waals surface area (Å²) in [7, 11) is 0. The van der Waals surface area contributed by atoms with Crippen LogP contribution in [0.5, 0.6) is 0 Å². The predicted molar refractivity (Wildman–Crippen MR) is 67.6 cm³/mol. The maximum absolute atomic E-state index is 6.21. The van der Waals surface area contributed by atoms with Crippen molar-refractivity contribution in [1.82, 2.24) is 15.1 Å². The molecule has 0 bridgehead atoms. The number of nitrogens with two attached hydrogens (primary N) is 1. The highest BCUT2D eigenvalue weighted by atomic mass is 32.2. The minimum absolute atomic E-state index is 0.534. The molecule has 0 spiro atoms. The van der Waals surface area contributed by atoms with Gasteiger partial charge in [0.15, 0.2) is 0 Å². The maximum atomic E-state index is 6.21. The number of nitrogens with zero attached hydrogens (tertiary/aromatic N) is 2. The Kier molecular flexibility index (Phi) is 2.81. The Morgan fingerprint density at radius 3 is 2.94 bits per heavy atom. The molecule has 0 saturated carbocycles. The molecule has 0 amide bonds. The van der Waals surface area contributed by atoms with Gasteiger partial charge in [-0.05, 0) is 24.3 Å². The zero-order valence-electron chi connectivity index (χ0n) is 9.41. The van der Waals surface area contributed by atoms with Crippen molar-refractivity contribution < 1.29 is 0 Å². The van der Waals surface area contributed by atoms with Crippen LogP contribution < -0.4 is 11.1 Å². The van der Waals surface area contributed by atoms with E-state index >= 15 is 0 Å². The van der Waals surface area contributed by atoms with Crippen LogP contribution in [-0.2, 0) is 13.0 Å². The van der Waals surface area contributed by atoms with Crippen LogP contribution in [0.15, 0.2) is 0 Å². The van der Waals surface area contributed by atoms with Crippen molar-refractivity contribution >= 4 is 17.6 Å². The van der Waals surface area contributed by atoms with Crippen molar-refractivity contribution in [2.24, 2.45) is 0 Å². The van der Waals surface area contributed by atoms with Gasteiger partial charge in [-0.15, -0.1) is 0 Å².